The molecule has 0 spiro atoms. The van der Waals surface area contributed by atoms with Crippen molar-refractivity contribution in [3.63, 3.8) is 0 Å². The average Bonchev–Trinajstić information content (AvgIpc) is 2.88. The van der Waals surface area contributed by atoms with Crippen molar-refractivity contribution in [1.29, 1.82) is 0 Å². The number of fused-ring (bicyclic) bond motifs is 1. The number of hydrogen-bond donors (Lipinski definition) is 0. The number of benzene rings is 1. The van der Waals surface area contributed by atoms with Crippen LogP contribution in [0.1, 0.15) is 5.56 Å². The van der Waals surface area contributed by atoms with Crippen molar-refractivity contribution in [3.8, 4) is 0 Å². The summed E-state index contributed by atoms with van der Waals surface area (Å²) in [6.07, 6.45) is 4.58. The van der Waals surface area contributed by atoms with Gasteiger partial charge >= 0.3 is 0 Å². The van der Waals surface area contributed by atoms with Crippen molar-refractivity contribution in [3.05, 3.63) is 54.6 Å². The summed E-state index contributed by atoms with van der Waals surface area (Å²) >= 11 is 0. The smallest absolute Gasteiger partial charge is 0.280 e. The number of nitrogens with zero attached hydrogens (tertiary/aromatic N) is 3. The van der Waals surface area contributed by atoms with Gasteiger partial charge in [0.25, 0.3) is 9.05 Å². The molecule has 0 amide bonds. The highest BCUT2D eigenvalue weighted by atomic mass is 35.7. The van der Waals surface area contributed by atoms with E-state index in [0.717, 1.165) is 16.5 Å². The summed E-state index contributed by atoms with van der Waals surface area (Å²) in [6.45, 7) is 0.480. The zero-order valence-electron chi connectivity index (χ0n) is 10.3. The lowest BCUT2D eigenvalue weighted by molar-refractivity contribution is 0.606. The predicted molar refractivity (Wildman–Crippen MR) is 76.1 cm³/mol. The van der Waals surface area contributed by atoms with Crippen molar-refractivity contribution in [2.45, 2.75) is 11.6 Å². The van der Waals surface area contributed by atoms with Crippen LogP contribution < -0.4 is 0 Å². The summed E-state index contributed by atoms with van der Waals surface area (Å²) in [7, 11) is 1.46. The zero-order chi connectivity index (χ0) is 14.2. The summed E-state index contributed by atoms with van der Waals surface area (Å²) in [4.78, 5) is 8.14. The van der Waals surface area contributed by atoms with Crippen LogP contribution in [0.4, 0.5) is 0 Å². The van der Waals surface area contributed by atoms with E-state index in [1.807, 2.05) is 30.3 Å². The molecule has 0 fully saturated rings. The Morgan fingerprint density at radius 2 is 1.95 bits per heavy atom. The molecule has 2 heterocycles. The third-order valence-corrected chi connectivity index (χ3v) is 4.11. The Hall–Kier alpha value is -1.92. The van der Waals surface area contributed by atoms with E-state index in [2.05, 4.69) is 9.97 Å². The highest BCUT2D eigenvalue weighted by molar-refractivity contribution is 8.13. The molecular formula is C13H10ClN3O2S. The van der Waals surface area contributed by atoms with Gasteiger partial charge in [-0.1, -0.05) is 24.3 Å². The molecule has 3 aromatic rings. The Kier molecular flexibility index (Phi) is 3.19. The SMILES string of the molecule is O=S(=O)(Cl)c1cn(Cc2cccc3cccnc23)cn1. The van der Waals surface area contributed by atoms with Gasteiger partial charge in [-0.2, -0.15) is 0 Å². The zero-order valence-corrected chi connectivity index (χ0v) is 11.8. The van der Waals surface area contributed by atoms with Crippen molar-refractivity contribution < 1.29 is 8.42 Å². The van der Waals surface area contributed by atoms with Gasteiger partial charge in [0.15, 0.2) is 5.03 Å². The number of para-hydroxylation sites is 1. The number of pyridine rings is 1. The third kappa shape index (κ3) is 2.52. The van der Waals surface area contributed by atoms with E-state index >= 15 is 0 Å². The normalized spacial score (nSPS) is 11.8. The molecule has 0 N–H and O–H groups in total. The number of imidazole rings is 1. The van der Waals surface area contributed by atoms with Gasteiger partial charge in [0.2, 0.25) is 0 Å². The van der Waals surface area contributed by atoms with Crippen LogP contribution >= 0.6 is 10.7 Å². The Labute approximate surface area is 120 Å². The second kappa shape index (κ2) is 4.88. The quantitative estimate of drug-likeness (QED) is 0.697. The molecule has 20 heavy (non-hydrogen) atoms. The van der Waals surface area contributed by atoms with Crippen LogP contribution in [0, 0.1) is 0 Å². The van der Waals surface area contributed by atoms with Gasteiger partial charge in [-0.25, -0.2) is 13.4 Å². The molecule has 1 aromatic carbocycles. The minimum absolute atomic E-state index is 0.146. The van der Waals surface area contributed by atoms with E-state index in [1.54, 1.807) is 10.8 Å². The fourth-order valence-electron chi connectivity index (χ4n) is 2.04. The molecule has 0 unspecified atom stereocenters. The first-order valence-electron chi connectivity index (χ1n) is 5.83. The van der Waals surface area contributed by atoms with Gasteiger partial charge in [0.1, 0.15) is 0 Å². The minimum atomic E-state index is -3.79. The fraction of sp³-hybridized carbons (Fsp3) is 0.0769. The number of hydrogen-bond acceptors (Lipinski definition) is 4. The lowest BCUT2D eigenvalue weighted by atomic mass is 10.1. The first-order valence-corrected chi connectivity index (χ1v) is 8.14. The van der Waals surface area contributed by atoms with Crippen molar-refractivity contribution in [1.82, 2.24) is 14.5 Å². The van der Waals surface area contributed by atoms with Crippen LogP contribution in [0.2, 0.25) is 0 Å². The highest BCUT2D eigenvalue weighted by Crippen LogP contribution is 2.18. The van der Waals surface area contributed by atoms with E-state index < -0.39 is 9.05 Å². The molecule has 2 aromatic heterocycles. The summed E-state index contributed by atoms with van der Waals surface area (Å²) in [5.74, 6) is 0. The lowest BCUT2D eigenvalue weighted by Gasteiger charge is -2.05. The second-order valence-electron chi connectivity index (χ2n) is 4.31. The Morgan fingerprint density at radius 3 is 2.70 bits per heavy atom. The fourth-order valence-corrected chi connectivity index (χ4v) is 2.72. The molecule has 3 rings (SSSR count). The Bertz CT molecular complexity index is 869. The van der Waals surface area contributed by atoms with Gasteiger partial charge < -0.3 is 4.57 Å². The van der Waals surface area contributed by atoms with Gasteiger partial charge in [-0.05, 0) is 11.6 Å². The summed E-state index contributed by atoms with van der Waals surface area (Å²) in [6, 6.07) is 9.73. The molecule has 0 bridgehead atoms. The van der Waals surface area contributed by atoms with Crippen molar-refractivity contribution in [2.75, 3.05) is 0 Å². The molecule has 0 aliphatic carbocycles. The first kappa shape index (κ1) is 13.1. The van der Waals surface area contributed by atoms with E-state index in [9.17, 15) is 8.42 Å². The number of aromatic nitrogens is 3. The molecule has 7 heteroatoms. The van der Waals surface area contributed by atoms with Gasteiger partial charge in [0.05, 0.1) is 18.4 Å². The van der Waals surface area contributed by atoms with Crippen molar-refractivity contribution in [2.24, 2.45) is 0 Å². The van der Waals surface area contributed by atoms with Crippen LogP contribution in [0.25, 0.3) is 10.9 Å². The lowest BCUT2D eigenvalue weighted by Crippen LogP contribution is -1.98. The molecular weight excluding hydrogens is 298 g/mol. The van der Waals surface area contributed by atoms with Crippen molar-refractivity contribution >= 4 is 30.6 Å². The molecule has 0 aliphatic heterocycles. The van der Waals surface area contributed by atoms with E-state index in [-0.39, 0.29) is 5.03 Å². The van der Waals surface area contributed by atoms with Gasteiger partial charge in [0, 0.05) is 28.5 Å². The standard InChI is InChI=1S/C13H10ClN3O2S/c14-20(18,19)12-8-17(9-16-12)7-11-4-1-3-10-5-2-6-15-13(10)11/h1-6,8-9H,7H2. The molecule has 5 nitrogen and oxygen atoms in total. The van der Waals surface area contributed by atoms with Gasteiger partial charge in [-0.15, -0.1) is 0 Å². The Morgan fingerprint density at radius 1 is 1.15 bits per heavy atom. The highest BCUT2D eigenvalue weighted by Gasteiger charge is 2.13. The summed E-state index contributed by atoms with van der Waals surface area (Å²) in [5, 5.41) is 0.891. The maximum Gasteiger partial charge on any atom is 0.280 e. The average molecular weight is 308 g/mol. The largest absolute Gasteiger partial charge is 0.332 e. The van der Waals surface area contributed by atoms with Crippen LogP contribution in [0.15, 0.2) is 54.1 Å². The molecule has 0 radical (unpaired) electrons. The van der Waals surface area contributed by atoms with E-state index in [4.69, 9.17) is 10.7 Å². The third-order valence-electron chi connectivity index (χ3n) is 2.93. The van der Waals surface area contributed by atoms with Crippen LogP contribution in [-0.2, 0) is 15.6 Å². The summed E-state index contributed by atoms with van der Waals surface area (Å²) in [5.41, 5.74) is 1.87. The molecule has 102 valence electrons. The number of halogens is 1. The molecule has 0 saturated heterocycles. The first-order chi connectivity index (χ1) is 9.54. The van der Waals surface area contributed by atoms with Crippen LogP contribution in [0.3, 0.4) is 0 Å². The van der Waals surface area contributed by atoms with Gasteiger partial charge in [-0.3, -0.25) is 4.98 Å². The van der Waals surface area contributed by atoms with E-state index in [1.165, 1.54) is 12.5 Å². The maximum absolute atomic E-state index is 11.2. The summed E-state index contributed by atoms with van der Waals surface area (Å²) < 4.78 is 24.0. The molecule has 0 atom stereocenters. The molecule has 0 saturated carbocycles. The maximum atomic E-state index is 11.2. The monoisotopic (exact) mass is 307 g/mol. The van der Waals surface area contributed by atoms with Crippen LogP contribution in [-0.4, -0.2) is 23.0 Å². The Balaban J connectivity index is 2.00. The van der Waals surface area contributed by atoms with Crippen LogP contribution in [0.5, 0.6) is 0 Å². The second-order valence-corrected chi connectivity index (χ2v) is 6.83. The minimum Gasteiger partial charge on any atom is -0.332 e. The topological polar surface area (TPSA) is 64.8 Å². The number of rotatable bonds is 3. The molecule has 0 aliphatic rings. The predicted octanol–water partition coefficient (Wildman–Crippen LogP) is 2.41. The van der Waals surface area contributed by atoms with E-state index in [0.29, 0.717) is 6.54 Å².